The molecule has 25 heavy (non-hydrogen) atoms. The molecule has 0 saturated carbocycles. The SMILES string of the molecule is COc1cc(Cl)c(C)cc1NC(=O)C(C)OC(=O)c1ccc(Cl)cc1. The number of hydrogen-bond acceptors (Lipinski definition) is 4. The fraction of sp³-hybridized carbons (Fsp3) is 0.222. The number of rotatable bonds is 5. The Kier molecular flexibility index (Phi) is 6.28. The van der Waals surface area contributed by atoms with Crippen LogP contribution in [0.5, 0.6) is 5.75 Å². The number of halogens is 2. The molecule has 1 N–H and O–H groups in total. The van der Waals surface area contributed by atoms with E-state index in [9.17, 15) is 9.59 Å². The summed E-state index contributed by atoms with van der Waals surface area (Å²) in [7, 11) is 1.47. The van der Waals surface area contributed by atoms with Crippen LogP contribution in [0.2, 0.25) is 10.0 Å². The molecule has 0 heterocycles. The second-order valence-corrected chi connectivity index (χ2v) is 6.19. The van der Waals surface area contributed by atoms with Gasteiger partial charge in [-0.2, -0.15) is 0 Å². The number of carbonyl (C=O) groups excluding carboxylic acids is 2. The first kappa shape index (κ1) is 19.1. The van der Waals surface area contributed by atoms with Gasteiger partial charge in [0, 0.05) is 16.1 Å². The van der Waals surface area contributed by atoms with E-state index in [0.29, 0.717) is 27.0 Å². The van der Waals surface area contributed by atoms with Gasteiger partial charge in [0.2, 0.25) is 0 Å². The van der Waals surface area contributed by atoms with E-state index in [1.807, 2.05) is 0 Å². The van der Waals surface area contributed by atoms with Gasteiger partial charge in [-0.05, 0) is 49.7 Å². The number of hydrogen-bond donors (Lipinski definition) is 1. The third-order valence-corrected chi connectivity index (χ3v) is 4.13. The molecule has 0 aliphatic heterocycles. The minimum absolute atomic E-state index is 0.309. The Labute approximate surface area is 155 Å². The van der Waals surface area contributed by atoms with Crippen molar-refractivity contribution in [3.05, 3.63) is 57.6 Å². The Morgan fingerprint density at radius 3 is 2.36 bits per heavy atom. The van der Waals surface area contributed by atoms with Crippen molar-refractivity contribution < 1.29 is 19.1 Å². The third-order valence-electron chi connectivity index (χ3n) is 3.47. The Bertz CT molecular complexity index is 790. The summed E-state index contributed by atoms with van der Waals surface area (Å²) in [5, 5.41) is 3.71. The molecule has 1 amide bonds. The highest BCUT2D eigenvalue weighted by Gasteiger charge is 2.20. The predicted molar refractivity (Wildman–Crippen MR) is 97.7 cm³/mol. The van der Waals surface area contributed by atoms with E-state index in [-0.39, 0.29) is 0 Å². The van der Waals surface area contributed by atoms with Crippen LogP contribution in [0, 0.1) is 6.92 Å². The van der Waals surface area contributed by atoms with Gasteiger partial charge >= 0.3 is 5.97 Å². The number of ether oxygens (including phenoxy) is 2. The summed E-state index contributed by atoms with van der Waals surface area (Å²) in [6, 6.07) is 9.50. The van der Waals surface area contributed by atoms with Gasteiger partial charge in [-0.15, -0.1) is 0 Å². The molecular weight excluding hydrogens is 365 g/mol. The highest BCUT2D eigenvalue weighted by Crippen LogP contribution is 2.31. The fourth-order valence-corrected chi connectivity index (χ4v) is 2.31. The van der Waals surface area contributed by atoms with Gasteiger partial charge in [0.05, 0.1) is 18.4 Å². The van der Waals surface area contributed by atoms with Gasteiger partial charge in [-0.3, -0.25) is 4.79 Å². The van der Waals surface area contributed by atoms with Crippen LogP contribution < -0.4 is 10.1 Å². The zero-order chi connectivity index (χ0) is 18.6. The largest absolute Gasteiger partial charge is 0.495 e. The van der Waals surface area contributed by atoms with Crippen LogP contribution >= 0.6 is 23.2 Å². The molecule has 132 valence electrons. The molecule has 1 atom stereocenters. The number of aryl methyl sites for hydroxylation is 1. The average Bonchev–Trinajstić information content (AvgIpc) is 2.58. The molecule has 0 aliphatic carbocycles. The van der Waals surface area contributed by atoms with Crippen molar-refractivity contribution in [1.29, 1.82) is 0 Å². The van der Waals surface area contributed by atoms with Crippen LogP contribution in [0.1, 0.15) is 22.8 Å². The molecule has 0 aliphatic rings. The lowest BCUT2D eigenvalue weighted by Gasteiger charge is -2.16. The van der Waals surface area contributed by atoms with Crippen LogP contribution in [0.25, 0.3) is 0 Å². The van der Waals surface area contributed by atoms with E-state index in [0.717, 1.165) is 5.56 Å². The van der Waals surface area contributed by atoms with Crippen molar-refractivity contribution in [2.45, 2.75) is 20.0 Å². The lowest BCUT2D eigenvalue weighted by atomic mass is 10.2. The molecule has 1 unspecified atom stereocenters. The molecule has 0 spiro atoms. The number of nitrogens with one attached hydrogen (secondary N) is 1. The van der Waals surface area contributed by atoms with Crippen LogP contribution in [-0.4, -0.2) is 25.1 Å². The van der Waals surface area contributed by atoms with Crippen LogP contribution in [0.3, 0.4) is 0 Å². The van der Waals surface area contributed by atoms with E-state index >= 15 is 0 Å². The third kappa shape index (κ3) is 4.87. The molecule has 2 aromatic rings. The summed E-state index contributed by atoms with van der Waals surface area (Å²) >= 11 is 11.8. The standard InChI is InChI=1S/C18H17Cl2NO4/c1-10-8-15(16(24-3)9-14(10)20)21-17(22)11(2)25-18(23)12-4-6-13(19)7-5-12/h4-9,11H,1-3H3,(H,21,22). The molecular formula is C18H17Cl2NO4. The highest BCUT2D eigenvalue weighted by molar-refractivity contribution is 6.31. The summed E-state index contributed by atoms with van der Waals surface area (Å²) in [6.07, 6.45) is -0.996. The fourth-order valence-electron chi connectivity index (χ4n) is 2.03. The zero-order valence-corrected chi connectivity index (χ0v) is 15.4. The maximum absolute atomic E-state index is 12.3. The van der Waals surface area contributed by atoms with E-state index in [4.69, 9.17) is 32.7 Å². The van der Waals surface area contributed by atoms with Crippen LogP contribution in [0.4, 0.5) is 5.69 Å². The van der Waals surface area contributed by atoms with Crippen molar-refractivity contribution in [3.63, 3.8) is 0 Å². The van der Waals surface area contributed by atoms with Crippen molar-refractivity contribution in [1.82, 2.24) is 0 Å². The normalized spacial score (nSPS) is 11.6. The summed E-state index contributed by atoms with van der Waals surface area (Å²) in [6.45, 7) is 3.29. The maximum Gasteiger partial charge on any atom is 0.338 e. The van der Waals surface area contributed by atoms with Crippen molar-refractivity contribution in [2.75, 3.05) is 12.4 Å². The number of methoxy groups -OCH3 is 1. The van der Waals surface area contributed by atoms with E-state index < -0.39 is 18.0 Å². The molecule has 0 saturated heterocycles. The van der Waals surface area contributed by atoms with E-state index in [1.165, 1.54) is 26.2 Å². The van der Waals surface area contributed by atoms with Crippen molar-refractivity contribution >= 4 is 40.8 Å². The van der Waals surface area contributed by atoms with Crippen LogP contribution in [0.15, 0.2) is 36.4 Å². The van der Waals surface area contributed by atoms with Gasteiger partial charge in [-0.1, -0.05) is 23.2 Å². The van der Waals surface area contributed by atoms with E-state index in [1.54, 1.807) is 31.2 Å². The molecule has 0 bridgehead atoms. The van der Waals surface area contributed by atoms with Gasteiger partial charge in [-0.25, -0.2) is 4.79 Å². The number of benzene rings is 2. The van der Waals surface area contributed by atoms with Crippen molar-refractivity contribution in [3.8, 4) is 5.75 Å². The minimum atomic E-state index is -0.996. The Hall–Kier alpha value is -2.24. The molecule has 0 aromatic heterocycles. The van der Waals surface area contributed by atoms with Gasteiger partial charge < -0.3 is 14.8 Å². The lowest BCUT2D eigenvalue weighted by Crippen LogP contribution is -2.30. The predicted octanol–water partition coefficient (Wildman–Crippen LogP) is 4.49. The molecule has 0 radical (unpaired) electrons. The Morgan fingerprint density at radius 2 is 1.76 bits per heavy atom. The zero-order valence-electron chi connectivity index (χ0n) is 13.9. The molecule has 0 fully saturated rings. The molecule has 2 rings (SSSR count). The topological polar surface area (TPSA) is 64.6 Å². The molecule has 2 aromatic carbocycles. The number of esters is 1. The quantitative estimate of drug-likeness (QED) is 0.774. The number of amides is 1. The maximum atomic E-state index is 12.3. The molecule has 7 heteroatoms. The smallest absolute Gasteiger partial charge is 0.338 e. The summed E-state index contributed by atoms with van der Waals surface area (Å²) in [4.78, 5) is 24.4. The first-order valence-electron chi connectivity index (χ1n) is 7.43. The lowest BCUT2D eigenvalue weighted by molar-refractivity contribution is -0.123. The summed E-state index contributed by atoms with van der Waals surface area (Å²) in [5.41, 5.74) is 1.54. The van der Waals surface area contributed by atoms with E-state index in [2.05, 4.69) is 5.32 Å². The van der Waals surface area contributed by atoms with Gasteiger partial charge in [0.15, 0.2) is 6.10 Å². The monoisotopic (exact) mass is 381 g/mol. The van der Waals surface area contributed by atoms with Crippen molar-refractivity contribution in [2.24, 2.45) is 0 Å². The second-order valence-electron chi connectivity index (χ2n) is 5.35. The molecule has 5 nitrogen and oxygen atoms in total. The Morgan fingerprint density at radius 1 is 1.12 bits per heavy atom. The highest BCUT2D eigenvalue weighted by atomic mass is 35.5. The van der Waals surface area contributed by atoms with Gasteiger partial charge in [0.25, 0.3) is 5.91 Å². The Balaban J connectivity index is 2.06. The summed E-state index contributed by atoms with van der Waals surface area (Å²) in [5.74, 6) is -0.680. The first-order valence-corrected chi connectivity index (χ1v) is 8.19. The van der Waals surface area contributed by atoms with Crippen LogP contribution in [-0.2, 0) is 9.53 Å². The number of carbonyl (C=O) groups is 2. The number of anilines is 1. The van der Waals surface area contributed by atoms with Gasteiger partial charge in [0.1, 0.15) is 5.75 Å². The first-order chi connectivity index (χ1) is 11.8. The minimum Gasteiger partial charge on any atom is -0.495 e. The second kappa shape index (κ2) is 8.23. The average molecular weight is 382 g/mol. The summed E-state index contributed by atoms with van der Waals surface area (Å²) < 4.78 is 10.4.